The average molecular weight is 303 g/mol. The highest BCUT2D eigenvalue weighted by atomic mass is 32.1. The molecule has 5 heteroatoms. The predicted molar refractivity (Wildman–Crippen MR) is 87.7 cm³/mol. The molecule has 1 amide bonds. The zero-order valence-corrected chi connectivity index (χ0v) is 13.5. The molecule has 0 aliphatic carbocycles. The first-order valence-electron chi connectivity index (χ1n) is 7.47. The summed E-state index contributed by atoms with van der Waals surface area (Å²) in [7, 11) is 0. The molecule has 112 valence electrons. The second-order valence-electron chi connectivity index (χ2n) is 5.99. The largest absolute Gasteiger partial charge is 0.397 e. The fourth-order valence-corrected chi connectivity index (χ4v) is 4.27. The third-order valence-corrected chi connectivity index (χ3v) is 5.46. The Morgan fingerprint density at radius 3 is 2.67 bits per heavy atom. The van der Waals surface area contributed by atoms with Crippen LogP contribution in [0.2, 0.25) is 0 Å². The van der Waals surface area contributed by atoms with Crippen molar-refractivity contribution in [2.75, 3.05) is 5.73 Å². The number of fused-ring (bicyclic) bond motifs is 1. The second kappa shape index (κ2) is 5.30. The van der Waals surface area contributed by atoms with E-state index in [9.17, 15) is 4.79 Å². The Kier molecular flexibility index (Phi) is 3.61. The summed E-state index contributed by atoms with van der Waals surface area (Å²) in [5, 5.41) is 0.895. The number of hydrogen-bond acceptors (Lipinski definition) is 4. The quantitative estimate of drug-likeness (QED) is 0.876. The highest BCUT2D eigenvalue weighted by Crippen LogP contribution is 2.35. The zero-order chi connectivity index (χ0) is 15.1. The van der Waals surface area contributed by atoms with E-state index in [4.69, 9.17) is 5.73 Å². The van der Waals surface area contributed by atoms with Gasteiger partial charge in [0.05, 0.1) is 5.69 Å². The van der Waals surface area contributed by atoms with Crippen LogP contribution in [-0.2, 0) is 0 Å². The third-order valence-electron chi connectivity index (χ3n) is 4.36. The van der Waals surface area contributed by atoms with E-state index in [1.807, 2.05) is 24.0 Å². The van der Waals surface area contributed by atoms with Crippen LogP contribution in [0.4, 0.5) is 5.69 Å². The Morgan fingerprint density at radius 2 is 2.00 bits per heavy atom. The molecule has 0 bridgehead atoms. The van der Waals surface area contributed by atoms with Crippen LogP contribution in [0.5, 0.6) is 0 Å². The monoisotopic (exact) mass is 303 g/mol. The number of amides is 1. The fourth-order valence-electron chi connectivity index (χ4n) is 3.19. The highest BCUT2D eigenvalue weighted by molar-refractivity contribution is 7.21. The summed E-state index contributed by atoms with van der Waals surface area (Å²) in [5.74, 6) is 0.0628. The van der Waals surface area contributed by atoms with Crippen molar-refractivity contribution in [2.45, 2.75) is 52.1 Å². The van der Waals surface area contributed by atoms with E-state index in [1.165, 1.54) is 17.8 Å². The number of carbonyl (C=O) groups is 1. The summed E-state index contributed by atoms with van der Waals surface area (Å²) < 4.78 is 0. The lowest BCUT2D eigenvalue weighted by molar-refractivity contribution is 0.0517. The highest BCUT2D eigenvalue weighted by Gasteiger charge is 2.32. The number of aryl methyl sites for hydroxylation is 1. The van der Waals surface area contributed by atoms with Crippen molar-refractivity contribution in [3.63, 3.8) is 0 Å². The van der Waals surface area contributed by atoms with E-state index in [0.717, 1.165) is 28.8 Å². The van der Waals surface area contributed by atoms with E-state index in [1.54, 1.807) is 0 Å². The van der Waals surface area contributed by atoms with Crippen LogP contribution < -0.4 is 5.73 Å². The third kappa shape index (κ3) is 2.39. The summed E-state index contributed by atoms with van der Waals surface area (Å²) >= 11 is 1.42. The summed E-state index contributed by atoms with van der Waals surface area (Å²) in [4.78, 5) is 20.9. The van der Waals surface area contributed by atoms with Gasteiger partial charge in [0.2, 0.25) is 0 Å². The SMILES string of the molecule is Cc1ccc2c(N)c(C(=O)N3C(C)CCCC3C)sc2n1. The minimum absolute atomic E-state index is 0.0628. The van der Waals surface area contributed by atoms with Crippen molar-refractivity contribution >= 4 is 33.1 Å². The van der Waals surface area contributed by atoms with Gasteiger partial charge >= 0.3 is 0 Å². The van der Waals surface area contributed by atoms with Gasteiger partial charge < -0.3 is 10.6 Å². The van der Waals surface area contributed by atoms with Crippen LogP contribution in [0.3, 0.4) is 0 Å². The molecule has 1 saturated heterocycles. The number of thiophene rings is 1. The Bertz CT molecular complexity index is 684. The molecule has 2 aromatic rings. The van der Waals surface area contributed by atoms with Gasteiger partial charge in [0.1, 0.15) is 9.71 Å². The molecule has 1 aliphatic heterocycles. The van der Waals surface area contributed by atoms with Crippen LogP contribution in [0.15, 0.2) is 12.1 Å². The van der Waals surface area contributed by atoms with E-state index in [0.29, 0.717) is 10.6 Å². The van der Waals surface area contributed by atoms with Gasteiger partial charge in [-0.2, -0.15) is 0 Å². The fraction of sp³-hybridized carbons (Fsp3) is 0.500. The summed E-state index contributed by atoms with van der Waals surface area (Å²) in [6, 6.07) is 4.45. The smallest absolute Gasteiger partial charge is 0.266 e. The molecule has 2 atom stereocenters. The van der Waals surface area contributed by atoms with Crippen LogP contribution in [0, 0.1) is 6.92 Å². The topological polar surface area (TPSA) is 59.2 Å². The maximum absolute atomic E-state index is 12.9. The number of anilines is 1. The maximum atomic E-state index is 12.9. The number of likely N-dealkylation sites (tertiary alicyclic amines) is 1. The average Bonchev–Trinajstić information content (AvgIpc) is 2.75. The Balaban J connectivity index is 2.03. The summed E-state index contributed by atoms with van der Waals surface area (Å²) in [5.41, 5.74) is 7.74. The van der Waals surface area contributed by atoms with Crippen LogP contribution in [0.25, 0.3) is 10.2 Å². The number of piperidine rings is 1. The van der Waals surface area contributed by atoms with Crippen LogP contribution in [0.1, 0.15) is 48.5 Å². The molecule has 1 fully saturated rings. The number of hydrogen-bond donors (Lipinski definition) is 1. The standard InChI is InChI=1S/C16H21N3OS/c1-9-7-8-12-13(17)14(21-15(12)18-9)16(20)19-10(2)5-4-6-11(19)3/h7-8,10-11H,4-6,17H2,1-3H3. The van der Waals surface area contributed by atoms with Gasteiger partial charge in [-0.25, -0.2) is 4.98 Å². The molecule has 2 unspecified atom stereocenters. The van der Waals surface area contributed by atoms with Crippen LogP contribution in [-0.4, -0.2) is 27.9 Å². The number of aromatic nitrogens is 1. The van der Waals surface area contributed by atoms with E-state index in [-0.39, 0.29) is 18.0 Å². The minimum atomic E-state index is 0.0628. The summed E-state index contributed by atoms with van der Waals surface area (Å²) in [6.07, 6.45) is 3.32. The lowest BCUT2D eigenvalue weighted by Gasteiger charge is -2.38. The Labute approximate surface area is 129 Å². The van der Waals surface area contributed by atoms with E-state index >= 15 is 0 Å². The molecule has 3 rings (SSSR count). The Hall–Kier alpha value is -1.62. The number of pyridine rings is 1. The van der Waals surface area contributed by atoms with Gasteiger partial charge in [0.15, 0.2) is 0 Å². The first kappa shape index (κ1) is 14.3. The summed E-state index contributed by atoms with van der Waals surface area (Å²) in [6.45, 7) is 6.20. The van der Waals surface area contributed by atoms with Gasteiger partial charge in [0.25, 0.3) is 5.91 Å². The molecule has 4 nitrogen and oxygen atoms in total. The van der Waals surface area contributed by atoms with Gasteiger partial charge in [0, 0.05) is 23.2 Å². The lowest BCUT2D eigenvalue weighted by Crippen LogP contribution is -2.47. The van der Waals surface area contributed by atoms with Crippen molar-refractivity contribution in [1.82, 2.24) is 9.88 Å². The molecule has 0 aromatic carbocycles. The molecular weight excluding hydrogens is 282 g/mol. The van der Waals surface area contributed by atoms with Crippen LogP contribution >= 0.6 is 11.3 Å². The molecule has 1 aliphatic rings. The molecule has 21 heavy (non-hydrogen) atoms. The van der Waals surface area contributed by atoms with Crippen molar-refractivity contribution in [1.29, 1.82) is 0 Å². The van der Waals surface area contributed by atoms with Gasteiger partial charge in [-0.05, 0) is 52.2 Å². The number of nitrogens with two attached hydrogens (primary N) is 1. The number of rotatable bonds is 1. The van der Waals surface area contributed by atoms with E-state index < -0.39 is 0 Å². The molecule has 3 heterocycles. The molecule has 0 spiro atoms. The first-order chi connectivity index (χ1) is 9.99. The molecule has 2 N–H and O–H groups in total. The van der Waals surface area contributed by atoms with Gasteiger partial charge in [-0.15, -0.1) is 11.3 Å². The van der Waals surface area contributed by atoms with Gasteiger partial charge in [-0.3, -0.25) is 4.79 Å². The molecule has 2 aromatic heterocycles. The predicted octanol–water partition coefficient (Wildman–Crippen LogP) is 3.59. The zero-order valence-electron chi connectivity index (χ0n) is 12.7. The lowest BCUT2D eigenvalue weighted by atomic mass is 9.97. The second-order valence-corrected chi connectivity index (χ2v) is 6.99. The molecule has 0 saturated carbocycles. The first-order valence-corrected chi connectivity index (χ1v) is 8.29. The molecule has 0 radical (unpaired) electrons. The number of carbonyl (C=O) groups excluding carboxylic acids is 1. The number of nitrogen functional groups attached to an aromatic ring is 1. The normalized spacial score (nSPS) is 22.7. The van der Waals surface area contributed by atoms with Crippen molar-refractivity contribution in [3.05, 3.63) is 22.7 Å². The number of nitrogens with zero attached hydrogens (tertiary/aromatic N) is 2. The van der Waals surface area contributed by atoms with Crippen molar-refractivity contribution in [3.8, 4) is 0 Å². The van der Waals surface area contributed by atoms with Crippen molar-refractivity contribution < 1.29 is 4.79 Å². The van der Waals surface area contributed by atoms with Gasteiger partial charge in [-0.1, -0.05) is 0 Å². The minimum Gasteiger partial charge on any atom is -0.397 e. The van der Waals surface area contributed by atoms with Crippen molar-refractivity contribution in [2.24, 2.45) is 0 Å². The maximum Gasteiger partial charge on any atom is 0.266 e. The Morgan fingerprint density at radius 1 is 1.33 bits per heavy atom. The molecular formula is C16H21N3OS. The van der Waals surface area contributed by atoms with E-state index in [2.05, 4.69) is 18.8 Å².